The summed E-state index contributed by atoms with van der Waals surface area (Å²) in [4.78, 5) is 32.0. The molecular formula is C26H26N2O6S. The predicted octanol–water partition coefficient (Wildman–Crippen LogP) is 2.91. The number of hydrogen-bond donors (Lipinski definition) is 1. The molecule has 1 atom stereocenters. The molecule has 0 fully saturated rings. The molecule has 0 bridgehead atoms. The molecule has 3 aromatic rings. The van der Waals surface area contributed by atoms with Crippen LogP contribution in [0.3, 0.4) is 0 Å². The lowest BCUT2D eigenvalue weighted by Gasteiger charge is -2.26. The van der Waals surface area contributed by atoms with Crippen molar-refractivity contribution < 1.29 is 24.1 Å². The second-order valence-corrected chi connectivity index (χ2v) is 9.24. The Labute approximate surface area is 206 Å². The number of thiazole rings is 1. The first kappa shape index (κ1) is 24.3. The van der Waals surface area contributed by atoms with Gasteiger partial charge in [-0.2, -0.15) is 0 Å². The van der Waals surface area contributed by atoms with Crippen LogP contribution in [0.4, 0.5) is 0 Å². The Morgan fingerprint density at radius 1 is 1.14 bits per heavy atom. The zero-order valence-electron chi connectivity index (χ0n) is 20.1. The Bertz CT molecular complexity index is 1480. The number of phenols is 1. The maximum Gasteiger partial charge on any atom is 0.338 e. The first-order chi connectivity index (χ1) is 16.7. The van der Waals surface area contributed by atoms with Crippen LogP contribution in [0.1, 0.15) is 37.9 Å². The zero-order chi connectivity index (χ0) is 25.3. The first-order valence-corrected chi connectivity index (χ1v) is 11.8. The fraction of sp³-hybridized carbons (Fsp3) is 0.269. The highest BCUT2D eigenvalue weighted by Gasteiger charge is 2.35. The van der Waals surface area contributed by atoms with E-state index in [1.807, 2.05) is 0 Å². The normalized spacial score (nSPS) is 15.6. The molecule has 2 heterocycles. The fourth-order valence-corrected chi connectivity index (χ4v) is 4.98. The number of aromatic nitrogens is 1. The second kappa shape index (κ2) is 9.79. The summed E-state index contributed by atoms with van der Waals surface area (Å²) in [6, 6.07) is 10.9. The summed E-state index contributed by atoms with van der Waals surface area (Å²) in [7, 11) is 3.08. The van der Waals surface area contributed by atoms with Gasteiger partial charge in [-0.1, -0.05) is 23.5 Å². The summed E-state index contributed by atoms with van der Waals surface area (Å²) < 4.78 is 18.5. The highest BCUT2D eigenvalue weighted by atomic mass is 32.1. The summed E-state index contributed by atoms with van der Waals surface area (Å²) in [6.45, 7) is 5.26. The van der Waals surface area contributed by atoms with Gasteiger partial charge in [-0.05, 0) is 62.7 Å². The molecule has 9 heteroatoms. The molecule has 0 aliphatic carbocycles. The molecule has 1 N–H and O–H groups in total. The van der Waals surface area contributed by atoms with E-state index in [1.165, 1.54) is 23.0 Å². The Kier molecular flexibility index (Phi) is 6.79. The molecule has 1 aliphatic rings. The number of phenolic OH excluding ortho intramolecular Hbond substituents is 1. The average molecular weight is 495 g/mol. The third-order valence-corrected chi connectivity index (χ3v) is 6.49. The Morgan fingerprint density at radius 2 is 1.86 bits per heavy atom. The minimum Gasteiger partial charge on any atom is -0.508 e. The maximum atomic E-state index is 13.7. The lowest BCUT2D eigenvalue weighted by molar-refractivity contribution is -0.143. The molecule has 0 saturated heterocycles. The van der Waals surface area contributed by atoms with Crippen molar-refractivity contribution in [1.29, 1.82) is 0 Å². The zero-order valence-corrected chi connectivity index (χ0v) is 20.9. The van der Waals surface area contributed by atoms with Crippen molar-refractivity contribution in [3.05, 3.63) is 84.5 Å². The Hall–Kier alpha value is -3.85. The van der Waals surface area contributed by atoms with E-state index in [0.717, 1.165) is 5.56 Å². The van der Waals surface area contributed by atoms with E-state index < -0.39 is 12.0 Å². The van der Waals surface area contributed by atoms with Crippen molar-refractivity contribution in [2.75, 3.05) is 14.2 Å². The van der Waals surface area contributed by atoms with Gasteiger partial charge in [0.2, 0.25) is 0 Å². The molecule has 1 aliphatic heterocycles. The molecule has 0 saturated carbocycles. The quantitative estimate of drug-likeness (QED) is 0.529. The van der Waals surface area contributed by atoms with Gasteiger partial charge in [-0.3, -0.25) is 9.36 Å². The van der Waals surface area contributed by atoms with E-state index in [9.17, 15) is 14.7 Å². The van der Waals surface area contributed by atoms with Crippen molar-refractivity contribution in [3.8, 4) is 17.2 Å². The van der Waals surface area contributed by atoms with Crippen LogP contribution in [0.2, 0.25) is 0 Å². The van der Waals surface area contributed by atoms with E-state index in [2.05, 4.69) is 4.99 Å². The lowest BCUT2D eigenvalue weighted by atomic mass is 9.94. The highest BCUT2D eigenvalue weighted by Crippen LogP contribution is 2.38. The van der Waals surface area contributed by atoms with Gasteiger partial charge in [-0.15, -0.1) is 0 Å². The van der Waals surface area contributed by atoms with E-state index in [0.29, 0.717) is 32.1 Å². The van der Waals surface area contributed by atoms with Crippen LogP contribution in [-0.4, -0.2) is 36.0 Å². The van der Waals surface area contributed by atoms with Gasteiger partial charge in [0.25, 0.3) is 5.56 Å². The van der Waals surface area contributed by atoms with Gasteiger partial charge in [0, 0.05) is 5.56 Å². The summed E-state index contributed by atoms with van der Waals surface area (Å²) in [5.41, 5.74) is 1.74. The van der Waals surface area contributed by atoms with Crippen molar-refractivity contribution in [1.82, 2.24) is 4.57 Å². The number of esters is 1. The monoisotopic (exact) mass is 494 g/mol. The molecule has 2 aromatic carbocycles. The predicted molar refractivity (Wildman–Crippen MR) is 133 cm³/mol. The summed E-state index contributed by atoms with van der Waals surface area (Å²) in [5.74, 6) is 0.633. The third kappa shape index (κ3) is 4.72. The number of nitrogens with zero attached hydrogens (tertiary/aromatic N) is 2. The molecule has 0 radical (unpaired) electrons. The molecular weight excluding hydrogens is 468 g/mol. The highest BCUT2D eigenvalue weighted by molar-refractivity contribution is 7.07. The standard InChI is InChI=1S/C26H26N2O6S/c1-14(2)34-25(31)22-15(3)27-26-28(23(22)19-13-18(32-4)10-11-20(19)33-5)24(30)21(35-26)12-16-6-8-17(29)9-7-16/h6-14,23,29H,1-5H3. The van der Waals surface area contributed by atoms with Gasteiger partial charge in [0.15, 0.2) is 4.80 Å². The van der Waals surface area contributed by atoms with Crippen molar-refractivity contribution >= 4 is 23.4 Å². The van der Waals surface area contributed by atoms with E-state index in [-0.39, 0.29) is 23.0 Å². The number of methoxy groups -OCH3 is 2. The molecule has 4 rings (SSSR count). The van der Waals surface area contributed by atoms with Crippen molar-refractivity contribution in [3.63, 3.8) is 0 Å². The summed E-state index contributed by atoms with van der Waals surface area (Å²) in [5, 5.41) is 9.57. The number of ether oxygens (including phenoxy) is 3. The van der Waals surface area contributed by atoms with Crippen LogP contribution in [-0.2, 0) is 9.53 Å². The van der Waals surface area contributed by atoms with Gasteiger partial charge >= 0.3 is 5.97 Å². The minimum atomic E-state index is -0.829. The molecule has 182 valence electrons. The van der Waals surface area contributed by atoms with Gasteiger partial charge in [0.05, 0.1) is 36.1 Å². The van der Waals surface area contributed by atoms with E-state index >= 15 is 0 Å². The summed E-state index contributed by atoms with van der Waals surface area (Å²) in [6.07, 6.45) is 1.38. The molecule has 1 unspecified atom stereocenters. The Balaban J connectivity index is 2.00. The lowest BCUT2D eigenvalue weighted by Crippen LogP contribution is -2.40. The molecule has 0 amide bonds. The number of fused-ring (bicyclic) bond motifs is 1. The maximum absolute atomic E-state index is 13.7. The average Bonchev–Trinajstić information content (AvgIpc) is 3.13. The molecule has 35 heavy (non-hydrogen) atoms. The second-order valence-electron chi connectivity index (χ2n) is 8.24. The van der Waals surface area contributed by atoms with E-state index in [4.69, 9.17) is 14.2 Å². The smallest absolute Gasteiger partial charge is 0.338 e. The van der Waals surface area contributed by atoms with Crippen LogP contribution < -0.4 is 24.4 Å². The van der Waals surface area contributed by atoms with Crippen LogP contribution in [0.15, 0.2) is 63.5 Å². The van der Waals surface area contributed by atoms with Crippen LogP contribution in [0.5, 0.6) is 17.2 Å². The molecule has 1 aromatic heterocycles. The third-order valence-electron chi connectivity index (χ3n) is 5.51. The van der Waals surface area contributed by atoms with Gasteiger partial charge in [-0.25, -0.2) is 9.79 Å². The largest absolute Gasteiger partial charge is 0.508 e. The fourth-order valence-electron chi connectivity index (χ4n) is 3.93. The van der Waals surface area contributed by atoms with Crippen LogP contribution in [0, 0.1) is 0 Å². The number of rotatable bonds is 6. The SMILES string of the molecule is COc1ccc(OC)c(C2C(C(=O)OC(C)C)=C(C)N=c3sc(=Cc4ccc(O)cc4)c(=O)n32)c1. The Morgan fingerprint density at radius 3 is 2.49 bits per heavy atom. The van der Waals surface area contributed by atoms with Gasteiger partial charge in [0.1, 0.15) is 23.3 Å². The van der Waals surface area contributed by atoms with Crippen LogP contribution >= 0.6 is 11.3 Å². The van der Waals surface area contributed by atoms with Crippen molar-refractivity contribution in [2.45, 2.75) is 32.9 Å². The number of carbonyl (C=O) groups is 1. The molecule has 0 spiro atoms. The first-order valence-electron chi connectivity index (χ1n) is 11.0. The number of allylic oxidation sites excluding steroid dienone is 1. The van der Waals surface area contributed by atoms with Gasteiger partial charge < -0.3 is 19.3 Å². The number of aromatic hydroxyl groups is 1. The number of hydrogen-bond acceptors (Lipinski definition) is 8. The molecule has 8 nitrogen and oxygen atoms in total. The minimum absolute atomic E-state index is 0.137. The van der Waals surface area contributed by atoms with E-state index in [1.54, 1.807) is 76.4 Å². The number of benzene rings is 2. The van der Waals surface area contributed by atoms with Crippen molar-refractivity contribution in [2.24, 2.45) is 4.99 Å². The number of carbonyl (C=O) groups excluding carboxylic acids is 1. The van der Waals surface area contributed by atoms with Crippen LogP contribution in [0.25, 0.3) is 6.08 Å². The summed E-state index contributed by atoms with van der Waals surface area (Å²) >= 11 is 1.22. The topological polar surface area (TPSA) is 99.4 Å².